The monoisotopic (exact) mass is 232 g/mol. The van der Waals surface area contributed by atoms with Crippen LogP contribution in [0.4, 0.5) is 0 Å². The average molecular weight is 232 g/mol. The Bertz CT molecular complexity index is 404. The zero-order valence-corrected chi connectivity index (χ0v) is 10.4. The average Bonchev–Trinajstić information content (AvgIpc) is 2.64. The molecule has 1 unspecified atom stereocenters. The maximum Gasteiger partial charge on any atom is 0.132 e. The van der Waals surface area contributed by atoms with Gasteiger partial charge in [-0.25, -0.2) is 9.97 Å². The van der Waals surface area contributed by atoms with Gasteiger partial charge in [-0.3, -0.25) is 0 Å². The second kappa shape index (κ2) is 4.70. The molecule has 3 heterocycles. The Morgan fingerprint density at radius 1 is 1.35 bits per heavy atom. The molecule has 17 heavy (non-hydrogen) atoms. The highest BCUT2D eigenvalue weighted by atomic mass is 15.1. The van der Waals surface area contributed by atoms with E-state index in [1.54, 1.807) is 0 Å². The number of nitrogens with one attached hydrogen (secondary N) is 1. The lowest BCUT2D eigenvalue weighted by Crippen LogP contribution is -2.16. The summed E-state index contributed by atoms with van der Waals surface area (Å²) < 4.78 is 0. The number of fused-ring (bicyclic) bond motifs is 1. The normalized spacial score (nSPS) is 25.6. The molecule has 1 fully saturated rings. The Morgan fingerprint density at radius 3 is 3.06 bits per heavy atom. The van der Waals surface area contributed by atoms with E-state index in [0.717, 1.165) is 38.3 Å². The number of likely N-dealkylation sites (N-methyl/N-ethyl adjacent to an activating group) is 1. The van der Waals surface area contributed by atoms with E-state index in [-0.39, 0.29) is 0 Å². The highest BCUT2D eigenvalue weighted by Gasteiger charge is 2.24. The molecule has 0 radical (unpaired) electrons. The Balaban J connectivity index is 1.84. The van der Waals surface area contributed by atoms with Gasteiger partial charge in [-0.2, -0.15) is 0 Å². The van der Waals surface area contributed by atoms with Crippen molar-refractivity contribution in [3.05, 3.63) is 23.3 Å². The first-order valence-corrected chi connectivity index (χ1v) is 6.57. The molecule has 0 aromatic carbocycles. The number of likely N-dealkylation sites (tertiary alicyclic amines) is 1. The third-order valence-corrected chi connectivity index (χ3v) is 3.84. The lowest BCUT2D eigenvalue weighted by Gasteiger charge is -2.11. The molecule has 0 bridgehead atoms. The van der Waals surface area contributed by atoms with Crippen molar-refractivity contribution >= 4 is 0 Å². The summed E-state index contributed by atoms with van der Waals surface area (Å²) in [6, 6.07) is 0. The van der Waals surface area contributed by atoms with Gasteiger partial charge in [0.15, 0.2) is 0 Å². The SMILES string of the molecule is CN1CCC(c2ncc3c(n2)CCNCC3)C1. The van der Waals surface area contributed by atoms with Gasteiger partial charge in [0.2, 0.25) is 0 Å². The summed E-state index contributed by atoms with van der Waals surface area (Å²) in [7, 11) is 2.17. The summed E-state index contributed by atoms with van der Waals surface area (Å²) in [6.07, 6.45) is 5.38. The quantitative estimate of drug-likeness (QED) is 0.769. The third kappa shape index (κ3) is 2.33. The molecule has 1 saturated heterocycles. The zero-order chi connectivity index (χ0) is 11.7. The maximum atomic E-state index is 4.81. The van der Waals surface area contributed by atoms with Crippen molar-refractivity contribution in [2.45, 2.75) is 25.2 Å². The molecule has 3 rings (SSSR count). The van der Waals surface area contributed by atoms with E-state index < -0.39 is 0 Å². The van der Waals surface area contributed by atoms with Crippen LogP contribution in [0, 0.1) is 0 Å². The van der Waals surface area contributed by atoms with E-state index >= 15 is 0 Å². The summed E-state index contributed by atoms with van der Waals surface area (Å²) in [5, 5.41) is 3.41. The number of hydrogen-bond acceptors (Lipinski definition) is 4. The van der Waals surface area contributed by atoms with Crippen molar-refractivity contribution in [1.29, 1.82) is 0 Å². The molecule has 0 amide bonds. The largest absolute Gasteiger partial charge is 0.316 e. The molecule has 1 aromatic rings. The van der Waals surface area contributed by atoms with E-state index in [1.807, 2.05) is 0 Å². The highest BCUT2D eigenvalue weighted by molar-refractivity contribution is 5.21. The summed E-state index contributed by atoms with van der Waals surface area (Å²) in [4.78, 5) is 11.8. The Hall–Kier alpha value is -1.00. The number of nitrogens with zero attached hydrogens (tertiary/aromatic N) is 3. The van der Waals surface area contributed by atoms with Crippen molar-refractivity contribution < 1.29 is 0 Å². The third-order valence-electron chi connectivity index (χ3n) is 3.84. The van der Waals surface area contributed by atoms with Crippen LogP contribution in [0.3, 0.4) is 0 Å². The van der Waals surface area contributed by atoms with Crippen LogP contribution in [0.25, 0.3) is 0 Å². The topological polar surface area (TPSA) is 41.1 Å². The van der Waals surface area contributed by atoms with Crippen LogP contribution in [0.2, 0.25) is 0 Å². The Kier molecular flexibility index (Phi) is 3.07. The summed E-state index contributed by atoms with van der Waals surface area (Å²) in [5.41, 5.74) is 2.61. The van der Waals surface area contributed by atoms with Gasteiger partial charge in [-0.05, 0) is 38.5 Å². The van der Waals surface area contributed by atoms with Crippen molar-refractivity contribution in [2.24, 2.45) is 0 Å². The Morgan fingerprint density at radius 2 is 2.24 bits per heavy atom. The molecule has 0 aliphatic carbocycles. The predicted molar refractivity (Wildman–Crippen MR) is 67.2 cm³/mol. The number of hydrogen-bond donors (Lipinski definition) is 1. The van der Waals surface area contributed by atoms with Crippen LogP contribution in [0.15, 0.2) is 6.20 Å². The van der Waals surface area contributed by atoms with Crippen LogP contribution >= 0.6 is 0 Å². The minimum Gasteiger partial charge on any atom is -0.316 e. The van der Waals surface area contributed by atoms with E-state index in [2.05, 4.69) is 28.4 Å². The molecule has 4 nitrogen and oxygen atoms in total. The second-order valence-corrected chi connectivity index (χ2v) is 5.20. The summed E-state index contributed by atoms with van der Waals surface area (Å²) in [6.45, 7) is 4.39. The van der Waals surface area contributed by atoms with Crippen LogP contribution in [0.5, 0.6) is 0 Å². The van der Waals surface area contributed by atoms with Gasteiger partial charge >= 0.3 is 0 Å². The second-order valence-electron chi connectivity index (χ2n) is 5.20. The van der Waals surface area contributed by atoms with E-state index in [0.29, 0.717) is 5.92 Å². The molecule has 1 atom stereocenters. The zero-order valence-electron chi connectivity index (χ0n) is 10.4. The molecule has 0 spiro atoms. The minimum atomic E-state index is 0.543. The van der Waals surface area contributed by atoms with Crippen LogP contribution < -0.4 is 5.32 Å². The fraction of sp³-hybridized carbons (Fsp3) is 0.692. The minimum absolute atomic E-state index is 0.543. The molecule has 4 heteroatoms. The molecule has 2 aliphatic heterocycles. The predicted octanol–water partition coefficient (Wildman–Crippen LogP) is 0.584. The van der Waals surface area contributed by atoms with Crippen LogP contribution in [-0.4, -0.2) is 48.1 Å². The fourth-order valence-electron chi connectivity index (χ4n) is 2.78. The van der Waals surface area contributed by atoms with E-state index in [1.165, 1.54) is 24.2 Å². The van der Waals surface area contributed by atoms with Crippen LogP contribution in [-0.2, 0) is 12.8 Å². The summed E-state index contributed by atoms with van der Waals surface area (Å²) >= 11 is 0. The van der Waals surface area contributed by atoms with Gasteiger partial charge in [0.05, 0.1) is 0 Å². The van der Waals surface area contributed by atoms with Gasteiger partial charge < -0.3 is 10.2 Å². The van der Waals surface area contributed by atoms with Gasteiger partial charge in [0.25, 0.3) is 0 Å². The smallest absolute Gasteiger partial charge is 0.132 e. The molecule has 92 valence electrons. The van der Waals surface area contributed by atoms with Gasteiger partial charge in [0.1, 0.15) is 5.82 Å². The Labute approximate surface area is 102 Å². The van der Waals surface area contributed by atoms with Gasteiger partial charge in [0, 0.05) is 37.3 Å². The lowest BCUT2D eigenvalue weighted by molar-refractivity contribution is 0.409. The van der Waals surface area contributed by atoms with Crippen molar-refractivity contribution in [1.82, 2.24) is 20.2 Å². The molecule has 2 aliphatic rings. The van der Waals surface area contributed by atoms with Gasteiger partial charge in [-0.15, -0.1) is 0 Å². The maximum absolute atomic E-state index is 4.81. The van der Waals surface area contributed by atoms with Crippen LogP contribution in [0.1, 0.15) is 29.4 Å². The van der Waals surface area contributed by atoms with Crippen molar-refractivity contribution in [3.63, 3.8) is 0 Å². The number of rotatable bonds is 1. The van der Waals surface area contributed by atoms with E-state index in [4.69, 9.17) is 4.98 Å². The molecule has 1 aromatic heterocycles. The molecule has 1 N–H and O–H groups in total. The number of aromatic nitrogens is 2. The van der Waals surface area contributed by atoms with E-state index in [9.17, 15) is 0 Å². The van der Waals surface area contributed by atoms with Crippen molar-refractivity contribution in [3.8, 4) is 0 Å². The van der Waals surface area contributed by atoms with Crippen molar-refractivity contribution in [2.75, 3.05) is 33.2 Å². The highest BCUT2D eigenvalue weighted by Crippen LogP contribution is 2.24. The molecular weight excluding hydrogens is 212 g/mol. The van der Waals surface area contributed by atoms with Gasteiger partial charge in [-0.1, -0.05) is 0 Å². The molecule has 0 saturated carbocycles. The first-order chi connectivity index (χ1) is 8.33. The molecular formula is C13H20N4. The first-order valence-electron chi connectivity index (χ1n) is 6.57. The first kappa shape index (κ1) is 11.1. The lowest BCUT2D eigenvalue weighted by atomic mass is 10.1. The fourth-order valence-corrected chi connectivity index (χ4v) is 2.78. The standard InChI is InChI=1S/C13H20N4/c1-17-7-4-11(9-17)13-15-8-10-2-5-14-6-3-12(10)16-13/h8,11,14H,2-7,9H2,1H3. The summed E-state index contributed by atoms with van der Waals surface area (Å²) in [5.74, 6) is 1.61.